The Hall–Kier alpha value is -1.50. The highest BCUT2D eigenvalue weighted by molar-refractivity contribution is 9.10. The summed E-state index contributed by atoms with van der Waals surface area (Å²) < 4.78 is 17.0. The van der Waals surface area contributed by atoms with E-state index >= 15 is 0 Å². The smallest absolute Gasteiger partial charge is 0.0716 e. The molecule has 0 aliphatic rings. The topological polar surface area (TPSA) is 53.7 Å². The van der Waals surface area contributed by atoms with Crippen molar-refractivity contribution in [2.75, 3.05) is 40.1 Å². The highest BCUT2D eigenvalue weighted by atomic mass is 79.9. The lowest BCUT2D eigenvalue weighted by Gasteiger charge is -2.05. The van der Waals surface area contributed by atoms with Crippen LogP contribution >= 0.6 is 15.9 Å². The van der Waals surface area contributed by atoms with Gasteiger partial charge in [-0.3, -0.25) is 0 Å². The van der Waals surface area contributed by atoms with Gasteiger partial charge in [-0.2, -0.15) is 0 Å². The van der Waals surface area contributed by atoms with Crippen LogP contribution in [0.1, 0.15) is 43.7 Å². The van der Waals surface area contributed by atoms with E-state index in [1.807, 2.05) is 24.3 Å². The van der Waals surface area contributed by atoms with Crippen LogP contribution in [-0.4, -0.2) is 40.1 Å². The van der Waals surface area contributed by atoms with Gasteiger partial charge >= 0.3 is 0 Å². The zero-order chi connectivity index (χ0) is 23.7. The molecular weight excluding hydrogens is 466 g/mol. The summed E-state index contributed by atoms with van der Waals surface area (Å²) in [4.78, 5) is 0. The Labute approximate surface area is 204 Å². The van der Waals surface area contributed by atoms with Crippen LogP contribution in [0.2, 0.25) is 0 Å². The van der Waals surface area contributed by atoms with Gasteiger partial charge in [0, 0.05) is 38.0 Å². The van der Waals surface area contributed by atoms with Gasteiger partial charge in [-0.05, 0) is 61.9 Å². The molecule has 0 heterocycles. The molecule has 0 spiro atoms. The van der Waals surface area contributed by atoms with Gasteiger partial charge in [0.05, 0.1) is 6.61 Å². The maximum absolute atomic E-state index is 5.54. The predicted octanol–water partition coefficient (Wildman–Crippen LogP) is 6.57. The SMILES string of the molecule is C=CCC.COCCCOCCCOCc1ccccc1.NCCCc1ccc(Br)cc1. The lowest BCUT2D eigenvalue weighted by Crippen LogP contribution is -2.03. The molecule has 0 aliphatic heterocycles. The minimum absolute atomic E-state index is 0.685. The Morgan fingerprint density at radius 1 is 0.844 bits per heavy atom. The molecule has 2 rings (SSSR count). The number of nitrogens with two attached hydrogens (primary N) is 1. The standard InChI is InChI=1S/C14H22O3.C9H12BrN.C4H8/c1-15-9-5-10-16-11-6-12-17-13-14-7-3-2-4-8-14;10-9-5-3-8(4-6-9)2-1-7-11;1-3-4-2/h2-4,7-8H,5-6,9-13H2,1H3;3-6H,1-2,7,11H2;3H,1,4H2,2H3. The van der Waals surface area contributed by atoms with Gasteiger partial charge in [-0.1, -0.05) is 71.4 Å². The van der Waals surface area contributed by atoms with Crippen molar-refractivity contribution in [3.8, 4) is 0 Å². The summed E-state index contributed by atoms with van der Waals surface area (Å²) in [7, 11) is 1.71. The fourth-order valence-electron chi connectivity index (χ4n) is 2.39. The molecule has 4 nitrogen and oxygen atoms in total. The van der Waals surface area contributed by atoms with Crippen LogP contribution in [0.15, 0.2) is 71.7 Å². The van der Waals surface area contributed by atoms with Gasteiger partial charge in [0.15, 0.2) is 0 Å². The molecule has 180 valence electrons. The summed E-state index contributed by atoms with van der Waals surface area (Å²) >= 11 is 3.39. The molecule has 0 amide bonds. The Morgan fingerprint density at radius 2 is 1.44 bits per heavy atom. The lowest BCUT2D eigenvalue weighted by molar-refractivity contribution is 0.0665. The molecule has 0 radical (unpaired) electrons. The van der Waals surface area contributed by atoms with Gasteiger partial charge in [-0.15, -0.1) is 6.58 Å². The average molecular weight is 509 g/mol. The molecule has 0 saturated carbocycles. The minimum Gasteiger partial charge on any atom is -0.385 e. The molecule has 0 aromatic heterocycles. The molecule has 2 N–H and O–H groups in total. The van der Waals surface area contributed by atoms with E-state index in [0.29, 0.717) is 6.61 Å². The van der Waals surface area contributed by atoms with Crippen LogP contribution in [0.4, 0.5) is 0 Å². The first kappa shape index (κ1) is 30.5. The Bertz CT molecular complexity index is 635. The van der Waals surface area contributed by atoms with Crippen LogP contribution in [0.5, 0.6) is 0 Å². The van der Waals surface area contributed by atoms with Crippen LogP contribution in [0.3, 0.4) is 0 Å². The fourth-order valence-corrected chi connectivity index (χ4v) is 2.66. The van der Waals surface area contributed by atoms with E-state index in [9.17, 15) is 0 Å². The molecule has 0 unspecified atom stereocenters. The van der Waals surface area contributed by atoms with Crippen LogP contribution in [0.25, 0.3) is 0 Å². The monoisotopic (exact) mass is 507 g/mol. The highest BCUT2D eigenvalue weighted by Crippen LogP contribution is 2.11. The maximum atomic E-state index is 5.54. The number of halogens is 1. The lowest BCUT2D eigenvalue weighted by atomic mass is 10.1. The van der Waals surface area contributed by atoms with Crippen molar-refractivity contribution in [2.24, 2.45) is 5.73 Å². The molecular formula is C27H42BrNO3. The molecule has 0 bridgehead atoms. The number of rotatable bonds is 14. The zero-order valence-corrected chi connectivity index (χ0v) is 21.5. The van der Waals surface area contributed by atoms with Crippen molar-refractivity contribution < 1.29 is 14.2 Å². The van der Waals surface area contributed by atoms with Crippen molar-refractivity contribution in [3.05, 3.63) is 82.9 Å². The average Bonchev–Trinajstić information content (AvgIpc) is 2.84. The number of allylic oxidation sites excluding steroid dienone is 1. The number of hydrogen-bond acceptors (Lipinski definition) is 4. The normalized spacial score (nSPS) is 9.88. The molecule has 2 aromatic carbocycles. The van der Waals surface area contributed by atoms with Crippen molar-refractivity contribution in [3.63, 3.8) is 0 Å². The zero-order valence-electron chi connectivity index (χ0n) is 19.9. The molecule has 2 aromatic rings. The van der Waals surface area contributed by atoms with Crippen LogP contribution in [-0.2, 0) is 27.2 Å². The van der Waals surface area contributed by atoms with Gasteiger partial charge in [-0.25, -0.2) is 0 Å². The first-order valence-corrected chi connectivity index (χ1v) is 12.2. The summed E-state index contributed by atoms with van der Waals surface area (Å²) in [5.74, 6) is 0. The Balaban J connectivity index is 0.000000547. The third kappa shape index (κ3) is 20.4. The van der Waals surface area contributed by atoms with E-state index in [1.54, 1.807) is 7.11 Å². The van der Waals surface area contributed by atoms with Crippen LogP contribution in [0, 0.1) is 0 Å². The molecule has 0 saturated heterocycles. The quantitative estimate of drug-likeness (QED) is 0.232. The number of benzene rings is 2. The molecule has 32 heavy (non-hydrogen) atoms. The number of hydrogen-bond donors (Lipinski definition) is 1. The molecule has 0 fully saturated rings. The summed E-state index contributed by atoms with van der Waals surface area (Å²) in [6, 6.07) is 18.6. The van der Waals surface area contributed by atoms with Gasteiger partial charge < -0.3 is 19.9 Å². The van der Waals surface area contributed by atoms with Crippen molar-refractivity contribution in [1.29, 1.82) is 0 Å². The summed E-state index contributed by atoms with van der Waals surface area (Å²) in [5.41, 5.74) is 7.97. The van der Waals surface area contributed by atoms with Gasteiger partial charge in [0.2, 0.25) is 0 Å². The molecule has 0 atom stereocenters. The van der Waals surface area contributed by atoms with E-state index in [0.717, 1.165) is 69.5 Å². The summed E-state index contributed by atoms with van der Waals surface area (Å²) in [6.45, 7) is 10.1. The second-order valence-corrected chi connectivity index (χ2v) is 7.98. The van der Waals surface area contributed by atoms with Crippen molar-refractivity contribution in [2.45, 2.75) is 45.6 Å². The van der Waals surface area contributed by atoms with E-state index in [1.165, 1.54) is 11.1 Å². The third-order valence-electron chi connectivity index (χ3n) is 4.20. The summed E-state index contributed by atoms with van der Waals surface area (Å²) in [5, 5.41) is 0. The molecule has 5 heteroatoms. The van der Waals surface area contributed by atoms with Crippen molar-refractivity contribution >= 4 is 15.9 Å². The second-order valence-electron chi connectivity index (χ2n) is 7.07. The highest BCUT2D eigenvalue weighted by Gasteiger charge is 1.93. The first-order valence-electron chi connectivity index (χ1n) is 11.4. The van der Waals surface area contributed by atoms with E-state index in [-0.39, 0.29) is 0 Å². The van der Waals surface area contributed by atoms with Gasteiger partial charge in [0.1, 0.15) is 0 Å². The number of methoxy groups -OCH3 is 1. The van der Waals surface area contributed by atoms with E-state index < -0.39 is 0 Å². The van der Waals surface area contributed by atoms with E-state index in [4.69, 9.17) is 19.9 Å². The van der Waals surface area contributed by atoms with Gasteiger partial charge in [0.25, 0.3) is 0 Å². The number of aryl methyl sites for hydroxylation is 1. The van der Waals surface area contributed by atoms with Crippen LogP contribution < -0.4 is 5.73 Å². The third-order valence-corrected chi connectivity index (χ3v) is 4.73. The predicted molar refractivity (Wildman–Crippen MR) is 140 cm³/mol. The largest absolute Gasteiger partial charge is 0.385 e. The summed E-state index contributed by atoms with van der Waals surface area (Å²) in [6.07, 6.45) is 7.02. The second kappa shape index (κ2) is 24.1. The first-order chi connectivity index (χ1) is 15.7. The maximum Gasteiger partial charge on any atom is 0.0716 e. The van der Waals surface area contributed by atoms with E-state index in [2.05, 4.69) is 65.8 Å². The number of ether oxygens (including phenoxy) is 3. The Morgan fingerprint density at radius 3 is 2.00 bits per heavy atom. The minimum atomic E-state index is 0.685. The Kier molecular flexibility index (Phi) is 23.0. The molecule has 0 aliphatic carbocycles. The van der Waals surface area contributed by atoms with Crippen molar-refractivity contribution in [1.82, 2.24) is 0 Å². The fraction of sp³-hybridized carbons (Fsp3) is 0.481.